The van der Waals surface area contributed by atoms with Crippen molar-refractivity contribution in [2.75, 3.05) is 0 Å². The molecule has 0 aliphatic carbocycles. The number of phenolic OH excluding ortho intramolecular Hbond substituents is 1. The molecule has 0 bridgehead atoms. The summed E-state index contributed by atoms with van der Waals surface area (Å²) in [5, 5.41) is 30.0. The Bertz CT molecular complexity index is 556. The summed E-state index contributed by atoms with van der Waals surface area (Å²) in [4.78, 5) is 22.4. The van der Waals surface area contributed by atoms with Gasteiger partial charge in [-0.15, -0.1) is 0 Å². The maximum atomic E-state index is 11.2. The van der Waals surface area contributed by atoms with Gasteiger partial charge in [0.1, 0.15) is 5.75 Å². The fraction of sp³-hybridized carbons (Fsp3) is 0.0769. The zero-order valence-electron chi connectivity index (χ0n) is 9.70. The Kier molecular flexibility index (Phi) is 3.24. The Hall–Kier alpha value is -2.76. The van der Waals surface area contributed by atoms with E-state index in [0.29, 0.717) is 5.56 Å². The third kappa shape index (κ3) is 2.42. The van der Waals surface area contributed by atoms with E-state index in [1.807, 2.05) is 0 Å². The highest BCUT2D eigenvalue weighted by Crippen LogP contribution is 2.34. The number of carboxylic acids is 2. The topological polar surface area (TPSA) is 107 Å². The van der Waals surface area contributed by atoms with Crippen LogP contribution >= 0.6 is 0 Å². The molecule has 19 heavy (non-hydrogen) atoms. The molecule has 0 spiro atoms. The molecule has 0 amide bonds. The molecule has 1 aliphatic heterocycles. The highest BCUT2D eigenvalue weighted by Gasteiger charge is 2.32. The maximum absolute atomic E-state index is 11.2. The van der Waals surface area contributed by atoms with Crippen molar-refractivity contribution in [2.45, 2.75) is 5.92 Å². The lowest BCUT2D eigenvalue weighted by atomic mass is 9.84. The van der Waals surface area contributed by atoms with Crippen molar-refractivity contribution < 1.29 is 24.9 Å². The van der Waals surface area contributed by atoms with E-state index < -0.39 is 17.9 Å². The molecule has 6 heteroatoms. The van der Waals surface area contributed by atoms with E-state index in [1.165, 1.54) is 36.7 Å². The number of phenols is 1. The molecule has 0 saturated carbocycles. The quantitative estimate of drug-likeness (QED) is 0.647. The molecule has 1 aromatic carbocycles. The van der Waals surface area contributed by atoms with Crippen LogP contribution in [0.2, 0.25) is 0 Å². The van der Waals surface area contributed by atoms with Gasteiger partial charge in [-0.05, 0) is 17.7 Å². The molecule has 2 rings (SSSR count). The molecule has 0 atom stereocenters. The van der Waals surface area contributed by atoms with E-state index in [0.717, 1.165) is 0 Å². The van der Waals surface area contributed by atoms with Crippen LogP contribution in [0.3, 0.4) is 0 Å². The van der Waals surface area contributed by atoms with Crippen LogP contribution in [0.1, 0.15) is 11.5 Å². The summed E-state index contributed by atoms with van der Waals surface area (Å²) < 4.78 is 0. The van der Waals surface area contributed by atoms with E-state index in [1.54, 1.807) is 0 Å². The monoisotopic (exact) mass is 261 g/mol. The van der Waals surface area contributed by atoms with Gasteiger partial charge >= 0.3 is 11.9 Å². The molecule has 0 aromatic heterocycles. The number of nitrogens with one attached hydrogen (secondary N) is 1. The van der Waals surface area contributed by atoms with Crippen LogP contribution in [0, 0.1) is 0 Å². The van der Waals surface area contributed by atoms with Crippen molar-refractivity contribution in [3.8, 4) is 5.75 Å². The Morgan fingerprint density at radius 3 is 1.84 bits per heavy atom. The minimum atomic E-state index is -1.20. The highest BCUT2D eigenvalue weighted by molar-refractivity contribution is 5.97. The van der Waals surface area contributed by atoms with Crippen molar-refractivity contribution >= 4 is 11.9 Å². The molecule has 4 N–H and O–H groups in total. The first kappa shape index (κ1) is 12.7. The second-order valence-corrected chi connectivity index (χ2v) is 4.00. The average molecular weight is 261 g/mol. The van der Waals surface area contributed by atoms with Gasteiger partial charge in [-0.2, -0.15) is 0 Å². The van der Waals surface area contributed by atoms with Crippen molar-refractivity contribution in [3.05, 3.63) is 53.4 Å². The van der Waals surface area contributed by atoms with Crippen molar-refractivity contribution in [2.24, 2.45) is 0 Å². The largest absolute Gasteiger partial charge is 0.508 e. The van der Waals surface area contributed by atoms with Gasteiger partial charge in [0, 0.05) is 12.4 Å². The van der Waals surface area contributed by atoms with Crippen molar-refractivity contribution in [1.82, 2.24) is 5.32 Å². The average Bonchev–Trinajstić information content (AvgIpc) is 2.38. The smallest absolute Gasteiger partial charge is 0.334 e. The summed E-state index contributed by atoms with van der Waals surface area (Å²) in [5.74, 6) is -3.24. The first-order valence-electron chi connectivity index (χ1n) is 5.42. The van der Waals surface area contributed by atoms with Crippen LogP contribution in [-0.2, 0) is 9.59 Å². The fourth-order valence-corrected chi connectivity index (χ4v) is 1.95. The molecule has 0 fully saturated rings. The third-order valence-corrected chi connectivity index (χ3v) is 2.82. The molecule has 98 valence electrons. The number of hydrogen-bond acceptors (Lipinski definition) is 4. The van der Waals surface area contributed by atoms with E-state index in [4.69, 9.17) is 10.2 Å². The molecular formula is C13H11NO5. The van der Waals surface area contributed by atoms with Gasteiger partial charge < -0.3 is 20.6 Å². The lowest BCUT2D eigenvalue weighted by Crippen LogP contribution is -2.24. The van der Waals surface area contributed by atoms with Crippen LogP contribution in [-0.4, -0.2) is 27.3 Å². The summed E-state index contributed by atoms with van der Waals surface area (Å²) >= 11 is 0. The summed E-state index contributed by atoms with van der Waals surface area (Å²) in [6.45, 7) is 0. The minimum Gasteiger partial charge on any atom is -0.508 e. The predicted octanol–water partition coefficient (Wildman–Crippen LogP) is 1.02. The molecule has 0 unspecified atom stereocenters. The Morgan fingerprint density at radius 1 is 0.947 bits per heavy atom. The normalized spacial score (nSPS) is 15.2. The van der Waals surface area contributed by atoms with Gasteiger partial charge in [-0.3, -0.25) is 0 Å². The first-order valence-corrected chi connectivity index (χ1v) is 5.42. The Labute approximate surface area is 108 Å². The van der Waals surface area contributed by atoms with E-state index in [-0.39, 0.29) is 16.9 Å². The number of aromatic hydroxyl groups is 1. The number of rotatable bonds is 3. The number of dihydropyridines is 1. The highest BCUT2D eigenvalue weighted by atomic mass is 16.4. The Morgan fingerprint density at radius 2 is 1.42 bits per heavy atom. The lowest BCUT2D eigenvalue weighted by Gasteiger charge is -2.22. The predicted molar refractivity (Wildman–Crippen MR) is 65.4 cm³/mol. The molecular weight excluding hydrogens is 250 g/mol. The van der Waals surface area contributed by atoms with Crippen molar-refractivity contribution in [1.29, 1.82) is 0 Å². The summed E-state index contributed by atoms with van der Waals surface area (Å²) in [6, 6.07) is 5.77. The first-order chi connectivity index (χ1) is 9.00. The lowest BCUT2D eigenvalue weighted by molar-refractivity contribution is -0.133. The molecule has 0 saturated heterocycles. The zero-order valence-corrected chi connectivity index (χ0v) is 9.70. The molecule has 1 heterocycles. The van der Waals surface area contributed by atoms with Gasteiger partial charge in [0.05, 0.1) is 17.1 Å². The van der Waals surface area contributed by atoms with Crippen LogP contribution in [0.4, 0.5) is 0 Å². The Balaban J connectivity index is 2.50. The zero-order chi connectivity index (χ0) is 14.0. The summed E-state index contributed by atoms with van der Waals surface area (Å²) in [5.41, 5.74) is 0.359. The summed E-state index contributed by atoms with van der Waals surface area (Å²) in [7, 11) is 0. The molecule has 1 aliphatic rings. The number of benzene rings is 1. The van der Waals surface area contributed by atoms with E-state index >= 15 is 0 Å². The van der Waals surface area contributed by atoms with Crippen LogP contribution in [0.25, 0.3) is 0 Å². The molecule has 1 aromatic rings. The van der Waals surface area contributed by atoms with Gasteiger partial charge in [-0.25, -0.2) is 9.59 Å². The molecule has 6 nitrogen and oxygen atoms in total. The van der Waals surface area contributed by atoms with Gasteiger partial charge in [-0.1, -0.05) is 12.1 Å². The van der Waals surface area contributed by atoms with Crippen LogP contribution < -0.4 is 5.32 Å². The second kappa shape index (κ2) is 4.85. The van der Waals surface area contributed by atoms with Gasteiger partial charge in [0.2, 0.25) is 0 Å². The van der Waals surface area contributed by atoms with Gasteiger partial charge in [0.15, 0.2) is 0 Å². The summed E-state index contributed by atoms with van der Waals surface area (Å²) in [6.07, 6.45) is 2.51. The molecule has 0 radical (unpaired) electrons. The third-order valence-electron chi connectivity index (χ3n) is 2.82. The van der Waals surface area contributed by atoms with Crippen LogP contribution in [0.15, 0.2) is 47.8 Å². The van der Waals surface area contributed by atoms with E-state index in [9.17, 15) is 14.7 Å². The van der Waals surface area contributed by atoms with E-state index in [2.05, 4.69) is 5.32 Å². The standard InChI is InChI=1S/C13H11NO5/c15-8-3-1-7(2-4-8)11-9(12(16)17)5-14-6-10(11)13(18)19/h1-6,11,14-15H,(H,16,17)(H,18,19). The van der Waals surface area contributed by atoms with Gasteiger partial charge in [0.25, 0.3) is 0 Å². The van der Waals surface area contributed by atoms with Crippen LogP contribution in [0.5, 0.6) is 5.75 Å². The number of aliphatic carboxylic acids is 2. The number of hydrogen-bond donors (Lipinski definition) is 4. The fourth-order valence-electron chi connectivity index (χ4n) is 1.95. The maximum Gasteiger partial charge on any atom is 0.334 e. The minimum absolute atomic E-state index is 0.0272. The van der Waals surface area contributed by atoms with Crippen molar-refractivity contribution in [3.63, 3.8) is 0 Å². The number of carbonyl (C=O) groups is 2. The second-order valence-electron chi connectivity index (χ2n) is 4.00. The number of carboxylic acid groups (broad SMARTS) is 2. The SMILES string of the molecule is O=C(O)C1=CNC=C(C(=O)O)C1c1ccc(O)cc1.